The van der Waals surface area contributed by atoms with Gasteiger partial charge in [0.1, 0.15) is 11.5 Å². The van der Waals surface area contributed by atoms with E-state index in [1.165, 1.54) is 24.3 Å². The summed E-state index contributed by atoms with van der Waals surface area (Å²) in [5.74, 6) is -0.579. The van der Waals surface area contributed by atoms with Crippen LogP contribution in [0, 0.1) is 5.41 Å². The minimum atomic E-state index is -0.899. The lowest BCUT2D eigenvalue weighted by Crippen LogP contribution is -2.37. The Hall–Kier alpha value is -3.52. The predicted octanol–water partition coefficient (Wildman–Crippen LogP) is 5.49. The van der Waals surface area contributed by atoms with Crippen LogP contribution < -0.4 is 9.47 Å². The zero-order valence-corrected chi connectivity index (χ0v) is 24.1. The van der Waals surface area contributed by atoms with Crippen LogP contribution in [0.5, 0.6) is 11.5 Å². The van der Waals surface area contributed by atoms with Crippen LogP contribution in [0.1, 0.15) is 105 Å². The van der Waals surface area contributed by atoms with Gasteiger partial charge in [-0.1, -0.05) is 27.2 Å². The Morgan fingerprint density at radius 1 is 0.775 bits per heavy atom. The Morgan fingerprint density at radius 2 is 1.27 bits per heavy atom. The Labute approximate surface area is 236 Å². The SMILES string of the molecule is CCC(C)(CC)C(=O)C(C)Oc1ccc2c(c1)C(=O)c1ccc(OC(C)C(=O)OCCCCCCO)cc1C2=O. The fourth-order valence-corrected chi connectivity index (χ4v) is 4.71. The van der Waals surface area contributed by atoms with Crippen LogP contribution in [0.25, 0.3) is 0 Å². The van der Waals surface area contributed by atoms with Crippen molar-refractivity contribution < 1.29 is 38.5 Å². The molecule has 0 saturated heterocycles. The number of carbonyl (C=O) groups is 4. The number of ketones is 3. The Morgan fingerprint density at radius 3 is 1.77 bits per heavy atom. The number of esters is 1. The molecule has 0 aliphatic heterocycles. The molecule has 8 heteroatoms. The molecule has 1 N–H and O–H groups in total. The number of Topliss-reactive ketones (excluding diaryl/α,β-unsaturated/α-hetero) is 1. The molecule has 0 radical (unpaired) electrons. The predicted molar refractivity (Wildman–Crippen MR) is 150 cm³/mol. The van der Waals surface area contributed by atoms with Crippen molar-refractivity contribution in [1.82, 2.24) is 0 Å². The van der Waals surface area contributed by atoms with E-state index in [2.05, 4.69) is 0 Å². The van der Waals surface area contributed by atoms with Gasteiger partial charge >= 0.3 is 5.97 Å². The molecule has 2 aromatic carbocycles. The number of ether oxygens (including phenoxy) is 3. The van der Waals surface area contributed by atoms with E-state index in [-0.39, 0.29) is 58.6 Å². The van der Waals surface area contributed by atoms with Crippen molar-refractivity contribution in [3.63, 3.8) is 0 Å². The molecule has 0 aromatic heterocycles. The van der Waals surface area contributed by atoms with Gasteiger partial charge in [0.15, 0.2) is 29.6 Å². The lowest BCUT2D eigenvalue weighted by Gasteiger charge is -2.28. The lowest BCUT2D eigenvalue weighted by atomic mass is 9.78. The molecule has 0 heterocycles. The Kier molecular flexibility index (Phi) is 10.6. The summed E-state index contributed by atoms with van der Waals surface area (Å²) in [7, 11) is 0. The molecular weight excluding hydrogens is 512 g/mol. The molecule has 2 atom stereocenters. The number of hydrogen-bond donors (Lipinski definition) is 1. The first kappa shape index (κ1) is 31.0. The Balaban J connectivity index is 1.69. The van der Waals surface area contributed by atoms with Crippen LogP contribution in [0.15, 0.2) is 36.4 Å². The van der Waals surface area contributed by atoms with E-state index in [9.17, 15) is 19.2 Å². The number of fused-ring (bicyclic) bond motifs is 2. The summed E-state index contributed by atoms with van der Waals surface area (Å²) in [5, 5.41) is 8.81. The first-order valence-corrected chi connectivity index (χ1v) is 14.1. The molecular formula is C32H40O8. The van der Waals surface area contributed by atoms with Crippen molar-refractivity contribution in [3.05, 3.63) is 58.7 Å². The average Bonchev–Trinajstić information content (AvgIpc) is 2.96. The molecule has 0 spiro atoms. The topological polar surface area (TPSA) is 116 Å². The number of aliphatic hydroxyl groups excluding tert-OH is 1. The molecule has 40 heavy (non-hydrogen) atoms. The van der Waals surface area contributed by atoms with E-state index in [0.29, 0.717) is 25.0 Å². The molecule has 2 aromatic rings. The summed E-state index contributed by atoms with van der Waals surface area (Å²) in [6, 6.07) is 9.18. The highest BCUT2D eigenvalue weighted by Gasteiger charge is 2.35. The van der Waals surface area contributed by atoms with Gasteiger partial charge < -0.3 is 19.3 Å². The van der Waals surface area contributed by atoms with Gasteiger partial charge in [0.05, 0.1) is 6.61 Å². The van der Waals surface area contributed by atoms with Gasteiger partial charge in [0.2, 0.25) is 0 Å². The monoisotopic (exact) mass is 552 g/mol. The van der Waals surface area contributed by atoms with Crippen molar-refractivity contribution >= 4 is 23.3 Å². The van der Waals surface area contributed by atoms with E-state index >= 15 is 0 Å². The number of hydrogen-bond acceptors (Lipinski definition) is 8. The van der Waals surface area contributed by atoms with Crippen LogP contribution in [0.3, 0.4) is 0 Å². The quantitative estimate of drug-likeness (QED) is 0.194. The van der Waals surface area contributed by atoms with Crippen LogP contribution >= 0.6 is 0 Å². The van der Waals surface area contributed by atoms with Gasteiger partial charge in [-0.3, -0.25) is 14.4 Å². The molecule has 0 amide bonds. The molecule has 0 bridgehead atoms. The maximum atomic E-state index is 13.3. The maximum absolute atomic E-state index is 13.3. The summed E-state index contributed by atoms with van der Waals surface area (Å²) >= 11 is 0. The first-order chi connectivity index (χ1) is 19.1. The second kappa shape index (κ2) is 13.7. The fourth-order valence-electron chi connectivity index (χ4n) is 4.71. The summed E-state index contributed by atoms with van der Waals surface area (Å²) in [5.41, 5.74) is 0.383. The van der Waals surface area contributed by atoms with E-state index in [4.69, 9.17) is 19.3 Å². The molecule has 2 unspecified atom stereocenters. The van der Waals surface area contributed by atoms with Crippen LogP contribution in [0.4, 0.5) is 0 Å². The summed E-state index contributed by atoms with van der Waals surface area (Å²) in [6.07, 6.45) is 2.94. The van der Waals surface area contributed by atoms with E-state index in [1.807, 2.05) is 20.8 Å². The van der Waals surface area contributed by atoms with Gasteiger partial charge in [0, 0.05) is 34.3 Å². The van der Waals surface area contributed by atoms with Gasteiger partial charge in [-0.25, -0.2) is 4.79 Å². The van der Waals surface area contributed by atoms with Crippen LogP contribution in [-0.2, 0) is 14.3 Å². The Bertz CT molecular complexity index is 1240. The molecule has 8 nitrogen and oxygen atoms in total. The number of carbonyl (C=O) groups excluding carboxylic acids is 4. The largest absolute Gasteiger partial charge is 0.483 e. The lowest BCUT2D eigenvalue weighted by molar-refractivity contribution is -0.151. The van der Waals surface area contributed by atoms with Gasteiger partial charge in [0.25, 0.3) is 0 Å². The van der Waals surface area contributed by atoms with Crippen LogP contribution in [-0.4, -0.2) is 53.8 Å². The second-order valence-corrected chi connectivity index (χ2v) is 10.5. The third kappa shape index (κ3) is 6.97. The second-order valence-electron chi connectivity index (χ2n) is 10.5. The van der Waals surface area contributed by atoms with E-state index in [0.717, 1.165) is 19.3 Å². The number of rotatable bonds is 15. The van der Waals surface area contributed by atoms with Crippen molar-refractivity contribution in [2.75, 3.05) is 13.2 Å². The average molecular weight is 553 g/mol. The minimum absolute atomic E-state index is 0.00773. The molecule has 216 valence electrons. The third-order valence-electron chi connectivity index (χ3n) is 7.74. The van der Waals surface area contributed by atoms with Crippen molar-refractivity contribution in [2.24, 2.45) is 5.41 Å². The molecule has 1 aliphatic carbocycles. The summed E-state index contributed by atoms with van der Waals surface area (Å²) < 4.78 is 16.9. The van der Waals surface area contributed by atoms with Crippen LogP contribution in [0.2, 0.25) is 0 Å². The molecule has 0 fully saturated rings. The van der Waals surface area contributed by atoms with Crippen molar-refractivity contribution in [1.29, 1.82) is 0 Å². The zero-order chi connectivity index (χ0) is 29.4. The number of unbranched alkanes of at least 4 members (excludes halogenated alkanes) is 3. The zero-order valence-electron chi connectivity index (χ0n) is 24.1. The van der Waals surface area contributed by atoms with E-state index < -0.39 is 23.6 Å². The molecule has 0 saturated carbocycles. The van der Waals surface area contributed by atoms with Gasteiger partial charge in [-0.05, 0) is 82.3 Å². The van der Waals surface area contributed by atoms with E-state index in [1.54, 1.807) is 26.0 Å². The maximum Gasteiger partial charge on any atom is 0.347 e. The summed E-state index contributed by atoms with van der Waals surface area (Å²) in [4.78, 5) is 51.9. The first-order valence-electron chi connectivity index (χ1n) is 14.1. The highest BCUT2D eigenvalue weighted by atomic mass is 16.6. The minimum Gasteiger partial charge on any atom is -0.483 e. The number of benzene rings is 2. The van der Waals surface area contributed by atoms with Crippen molar-refractivity contribution in [2.45, 2.75) is 85.4 Å². The smallest absolute Gasteiger partial charge is 0.347 e. The van der Waals surface area contributed by atoms with Crippen molar-refractivity contribution in [3.8, 4) is 11.5 Å². The normalized spacial score (nSPS) is 14.2. The van der Waals surface area contributed by atoms with Gasteiger partial charge in [-0.2, -0.15) is 0 Å². The molecule has 1 aliphatic rings. The highest BCUT2D eigenvalue weighted by molar-refractivity contribution is 6.28. The highest BCUT2D eigenvalue weighted by Crippen LogP contribution is 2.34. The third-order valence-corrected chi connectivity index (χ3v) is 7.74. The molecule has 3 rings (SSSR count). The number of aliphatic hydroxyl groups is 1. The van der Waals surface area contributed by atoms with Gasteiger partial charge in [-0.15, -0.1) is 0 Å². The fraction of sp³-hybridized carbons (Fsp3) is 0.500. The standard InChI is InChI=1S/C32H40O8/c1-6-32(5,7-2)30(36)20(3)39-22-12-14-24-26(18-22)28(34)25-15-13-23(19-27(25)29(24)35)40-21(4)31(37)38-17-11-9-8-10-16-33/h12-15,18-21,33H,6-11,16-17H2,1-5H3. The summed E-state index contributed by atoms with van der Waals surface area (Å²) in [6.45, 7) is 9.55.